The highest BCUT2D eigenvalue weighted by Crippen LogP contribution is 2.38. The van der Waals surface area contributed by atoms with Crippen molar-refractivity contribution >= 4 is 0 Å². The first-order chi connectivity index (χ1) is 14.1. The molecule has 0 unspecified atom stereocenters. The summed E-state index contributed by atoms with van der Waals surface area (Å²) < 4.78 is 0. The number of aromatic hydroxyl groups is 1. The third-order valence-electron chi connectivity index (χ3n) is 5.63. The Morgan fingerprint density at radius 2 is 1.23 bits per heavy atom. The highest BCUT2D eigenvalue weighted by molar-refractivity contribution is 5.49. The van der Waals surface area contributed by atoms with Crippen LogP contribution in [0.4, 0.5) is 0 Å². The van der Waals surface area contributed by atoms with Crippen LogP contribution in [0.25, 0.3) is 0 Å². The van der Waals surface area contributed by atoms with Gasteiger partial charge in [-0.1, -0.05) is 114 Å². The van der Waals surface area contributed by atoms with Gasteiger partial charge in [0.15, 0.2) is 0 Å². The first kappa shape index (κ1) is 22.1. The number of phenols is 1. The molecule has 158 valence electrons. The molecule has 3 aromatic carbocycles. The SMILES string of the molecule is CC(C)(C)c1cc(CNC(c2ccccc2)c2ccccc2)c(O)c(C(C)(C)C)c1. The maximum Gasteiger partial charge on any atom is 0.123 e. The van der Waals surface area contributed by atoms with Gasteiger partial charge in [0.1, 0.15) is 5.75 Å². The van der Waals surface area contributed by atoms with Gasteiger partial charge in [-0.3, -0.25) is 0 Å². The fourth-order valence-electron chi connectivity index (χ4n) is 3.77. The number of benzene rings is 3. The number of hydrogen-bond donors (Lipinski definition) is 2. The van der Waals surface area contributed by atoms with Gasteiger partial charge >= 0.3 is 0 Å². The Morgan fingerprint density at radius 3 is 1.67 bits per heavy atom. The van der Waals surface area contributed by atoms with Crippen molar-refractivity contribution < 1.29 is 5.11 Å². The van der Waals surface area contributed by atoms with E-state index in [1.807, 2.05) is 12.1 Å². The van der Waals surface area contributed by atoms with Gasteiger partial charge in [-0.2, -0.15) is 0 Å². The summed E-state index contributed by atoms with van der Waals surface area (Å²) in [5.74, 6) is 0.405. The fourth-order valence-corrected chi connectivity index (χ4v) is 3.77. The number of phenolic OH excluding ortho intramolecular Hbond substituents is 1. The van der Waals surface area contributed by atoms with Gasteiger partial charge in [0, 0.05) is 12.1 Å². The molecule has 3 rings (SSSR count). The van der Waals surface area contributed by atoms with Crippen molar-refractivity contribution in [2.45, 2.75) is 65.0 Å². The zero-order chi connectivity index (χ0) is 21.9. The lowest BCUT2D eigenvalue weighted by atomic mass is 9.79. The predicted octanol–water partition coefficient (Wildman–Crippen LogP) is 6.87. The first-order valence-corrected chi connectivity index (χ1v) is 10.8. The third kappa shape index (κ3) is 5.12. The van der Waals surface area contributed by atoms with Crippen LogP contribution in [-0.2, 0) is 17.4 Å². The number of nitrogens with one attached hydrogen (secondary N) is 1. The molecule has 2 nitrogen and oxygen atoms in total. The van der Waals surface area contributed by atoms with E-state index < -0.39 is 0 Å². The lowest BCUT2D eigenvalue weighted by molar-refractivity contribution is 0.433. The zero-order valence-electron chi connectivity index (χ0n) is 19.2. The maximum absolute atomic E-state index is 11.1. The summed E-state index contributed by atoms with van der Waals surface area (Å²) in [4.78, 5) is 0. The smallest absolute Gasteiger partial charge is 0.123 e. The Morgan fingerprint density at radius 1 is 0.733 bits per heavy atom. The minimum Gasteiger partial charge on any atom is -0.507 e. The van der Waals surface area contributed by atoms with Crippen molar-refractivity contribution in [1.82, 2.24) is 5.32 Å². The van der Waals surface area contributed by atoms with Crippen molar-refractivity contribution in [3.8, 4) is 5.75 Å². The van der Waals surface area contributed by atoms with E-state index in [0.717, 1.165) is 11.1 Å². The summed E-state index contributed by atoms with van der Waals surface area (Å²) in [7, 11) is 0. The standard InChI is InChI=1S/C28H35NO/c1-27(2,3)23-17-22(26(30)24(18-23)28(4,5)6)19-29-25(20-13-9-7-10-14-20)21-15-11-8-12-16-21/h7-18,25,29-30H,19H2,1-6H3. The second-order valence-corrected chi connectivity index (χ2v) is 10.2. The second-order valence-electron chi connectivity index (χ2n) is 10.2. The minimum absolute atomic E-state index is 0.0146. The Labute approximate surface area is 182 Å². The van der Waals surface area contributed by atoms with Gasteiger partial charge in [0.05, 0.1) is 6.04 Å². The van der Waals surface area contributed by atoms with Crippen molar-refractivity contribution in [2.75, 3.05) is 0 Å². The van der Waals surface area contributed by atoms with E-state index in [1.54, 1.807) is 0 Å². The summed E-state index contributed by atoms with van der Waals surface area (Å²) in [6.07, 6.45) is 0. The fraction of sp³-hybridized carbons (Fsp3) is 0.357. The molecule has 0 aliphatic heterocycles. The van der Waals surface area contributed by atoms with Gasteiger partial charge in [0.25, 0.3) is 0 Å². The molecule has 2 heteroatoms. The molecule has 0 radical (unpaired) electrons. The van der Waals surface area contributed by atoms with Crippen molar-refractivity contribution in [3.05, 3.63) is 101 Å². The molecule has 0 heterocycles. The van der Waals surface area contributed by atoms with E-state index >= 15 is 0 Å². The van der Waals surface area contributed by atoms with Crippen LogP contribution in [0.1, 0.15) is 75.4 Å². The molecule has 30 heavy (non-hydrogen) atoms. The summed E-state index contributed by atoms with van der Waals surface area (Å²) >= 11 is 0. The van der Waals surface area contributed by atoms with Crippen LogP contribution in [0.2, 0.25) is 0 Å². The lowest BCUT2D eigenvalue weighted by Gasteiger charge is -2.28. The number of rotatable bonds is 5. The molecule has 0 bridgehead atoms. The molecule has 2 N–H and O–H groups in total. The molecule has 0 aromatic heterocycles. The summed E-state index contributed by atoms with van der Waals surface area (Å²) in [5, 5.41) is 14.8. The lowest BCUT2D eigenvalue weighted by Crippen LogP contribution is -2.23. The number of hydrogen-bond acceptors (Lipinski definition) is 2. The summed E-state index contributed by atoms with van der Waals surface area (Å²) in [5.41, 5.74) is 5.52. The van der Waals surface area contributed by atoms with Gasteiger partial charge in [0.2, 0.25) is 0 Å². The third-order valence-corrected chi connectivity index (χ3v) is 5.63. The predicted molar refractivity (Wildman–Crippen MR) is 127 cm³/mol. The van der Waals surface area contributed by atoms with E-state index in [-0.39, 0.29) is 16.9 Å². The van der Waals surface area contributed by atoms with Gasteiger partial charge in [-0.15, -0.1) is 0 Å². The van der Waals surface area contributed by atoms with E-state index in [9.17, 15) is 5.11 Å². The molecule has 0 spiro atoms. The molecule has 0 saturated carbocycles. The van der Waals surface area contributed by atoms with Crippen LogP contribution >= 0.6 is 0 Å². The van der Waals surface area contributed by atoms with E-state index in [0.29, 0.717) is 12.3 Å². The van der Waals surface area contributed by atoms with E-state index in [4.69, 9.17) is 0 Å². The molecular weight excluding hydrogens is 366 g/mol. The zero-order valence-corrected chi connectivity index (χ0v) is 19.2. The summed E-state index contributed by atoms with van der Waals surface area (Å²) in [6.45, 7) is 13.7. The van der Waals surface area contributed by atoms with Crippen molar-refractivity contribution in [2.24, 2.45) is 0 Å². The quantitative estimate of drug-likeness (QED) is 0.489. The molecule has 0 aliphatic carbocycles. The maximum atomic E-state index is 11.1. The van der Waals surface area contributed by atoms with Crippen LogP contribution in [0, 0.1) is 0 Å². The van der Waals surface area contributed by atoms with Gasteiger partial charge in [-0.05, 0) is 33.1 Å². The Bertz CT molecular complexity index is 924. The van der Waals surface area contributed by atoms with E-state index in [1.165, 1.54) is 16.7 Å². The normalized spacial score (nSPS) is 12.4. The largest absolute Gasteiger partial charge is 0.507 e. The molecule has 0 amide bonds. The Hall–Kier alpha value is -2.58. The highest BCUT2D eigenvalue weighted by atomic mass is 16.3. The van der Waals surface area contributed by atoms with Crippen LogP contribution in [0.3, 0.4) is 0 Å². The average Bonchev–Trinajstić information content (AvgIpc) is 2.69. The molecule has 0 aliphatic rings. The topological polar surface area (TPSA) is 32.3 Å². The average molecular weight is 402 g/mol. The van der Waals surface area contributed by atoms with Crippen LogP contribution in [0.5, 0.6) is 5.75 Å². The molecule has 0 fully saturated rings. The molecule has 0 atom stereocenters. The van der Waals surface area contributed by atoms with Crippen LogP contribution in [-0.4, -0.2) is 5.11 Å². The second kappa shape index (κ2) is 8.65. The van der Waals surface area contributed by atoms with Crippen molar-refractivity contribution in [3.63, 3.8) is 0 Å². The summed E-state index contributed by atoms with van der Waals surface area (Å²) in [6, 6.07) is 25.4. The minimum atomic E-state index is -0.127. The van der Waals surface area contributed by atoms with Crippen LogP contribution < -0.4 is 5.32 Å². The van der Waals surface area contributed by atoms with Crippen molar-refractivity contribution in [1.29, 1.82) is 0 Å². The first-order valence-electron chi connectivity index (χ1n) is 10.8. The molecule has 0 saturated heterocycles. The van der Waals surface area contributed by atoms with E-state index in [2.05, 4.69) is 108 Å². The Balaban J connectivity index is 2.00. The molecule has 3 aromatic rings. The van der Waals surface area contributed by atoms with Crippen LogP contribution in [0.15, 0.2) is 72.8 Å². The monoisotopic (exact) mass is 401 g/mol. The van der Waals surface area contributed by atoms with Gasteiger partial charge < -0.3 is 10.4 Å². The molecular formula is C28H35NO. The highest BCUT2D eigenvalue weighted by Gasteiger charge is 2.25. The Kier molecular flexibility index (Phi) is 6.38. The van der Waals surface area contributed by atoms with Gasteiger partial charge in [-0.25, -0.2) is 0 Å².